The minimum Gasteiger partial charge on any atom is -0.481 e. The number of carboxylic acid groups (broad SMARTS) is 2. The van der Waals surface area contributed by atoms with Crippen LogP contribution in [0.2, 0.25) is 0 Å². The van der Waals surface area contributed by atoms with Crippen LogP contribution >= 0.6 is 0 Å². The fourth-order valence-electron chi connectivity index (χ4n) is 3.40. The molecule has 0 saturated heterocycles. The van der Waals surface area contributed by atoms with Crippen LogP contribution in [0.15, 0.2) is 30.3 Å². The van der Waals surface area contributed by atoms with Gasteiger partial charge in [0.05, 0.1) is 6.04 Å². The molecule has 0 heterocycles. The monoisotopic (exact) mass is 506 g/mol. The number of carbonyl (C=O) groups is 5. The molecule has 1 aromatic carbocycles. The van der Waals surface area contributed by atoms with Gasteiger partial charge in [0.15, 0.2) is 0 Å². The van der Waals surface area contributed by atoms with Crippen molar-refractivity contribution in [2.24, 2.45) is 17.6 Å². The second-order valence-electron chi connectivity index (χ2n) is 9.54. The van der Waals surface area contributed by atoms with E-state index in [2.05, 4.69) is 16.0 Å². The van der Waals surface area contributed by atoms with Crippen LogP contribution in [0.3, 0.4) is 0 Å². The lowest BCUT2D eigenvalue weighted by Gasteiger charge is -2.26. The molecule has 11 heteroatoms. The average molecular weight is 507 g/mol. The number of benzene rings is 1. The summed E-state index contributed by atoms with van der Waals surface area (Å²) in [4.78, 5) is 61.4. The summed E-state index contributed by atoms with van der Waals surface area (Å²) in [6.07, 6.45) is -0.358. The molecule has 200 valence electrons. The van der Waals surface area contributed by atoms with Crippen molar-refractivity contribution in [3.8, 4) is 0 Å². The standard InChI is InChI=1S/C25H38N4O7/c1-14(2)12-18(23(33)29-19(25(35)36)13-16-8-6-5-7-9-16)28-22(32)17(10-11-20(30)31)27-24(34)21(26)15(3)4/h5-9,14-15,17-19,21H,10-13,26H2,1-4H3,(H,27,34)(H,28,32)(H,29,33)(H,30,31)(H,35,36). The maximum Gasteiger partial charge on any atom is 0.326 e. The van der Waals surface area contributed by atoms with E-state index >= 15 is 0 Å². The Labute approximate surface area is 211 Å². The highest BCUT2D eigenvalue weighted by Gasteiger charge is 2.31. The lowest BCUT2D eigenvalue weighted by molar-refractivity contribution is -0.142. The summed E-state index contributed by atoms with van der Waals surface area (Å²) < 4.78 is 0. The molecule has 0 radical (unpaired) electrons. The molecule has 0 spiro atoms. The summed E-state index contributed by atoms with van der Waals surface area (Å²) in [6.45, 7) is 7.12. The highest BCUT2D eigenvalue weighted by Crippen LogP contribution is 2.10. The minimum absolute atomic E-state index is 0.0418. The van der Waals surface area contributed by atoms with Crippen molar-refractivity contribution >= 4 is 29.7 Å². The van der Waals surface area contributed by atoms with Gasteiger partial charge in [-0.1, -0.05) is 58.0 Å². The third kappa shape index (κ3) is 10.9. The number of hydrogen-bond donors (Lipinski definition) is 6. The Hall–Kier alpha value is -3.47. The van der Waals surface area contributed by atoms with E-state index < -0.39 is 60.2 Å². The lowest BCUT2D eigenvalue weighted by atomic mass is 10.00. The Bertz CT molecular complexity index is 905. The smallest absolute Gasteiger partial charge is 0.326 e. The van der Waals surface area contributed by atoms with Gasteiger partial charge in [0, 0.05) is 12.8 Å². The highest BCUT2D eigenvalue weighted by atomic mass is 16.4. The van der Waals surface area contributed by atoms with E-state index in [-0.39, 0.29) is 31.1 Å². The van der Waals surface area contributed by atoms with Crippen molar-refractivity contribution in [3.05, 3.63) is 35.9 Å². The van der Waals surface area contributed by atoms with Crippen LogP contribution < -0.4 is 21.7 Å². The zero-order chi connectivity index (χ0) is 27.4. The number of carbonyl (C=O) groups excluding carboxylic acids is 3. The van der Waals surface area contributed by atoms with Crippen LogP contribution in [0.25, 0.3) is 0 Å². The first kappa shape index (κ1) is 30.6. The van der Waals surface area contributed by atoms with Crippen molar-refractivity contribution in [1.29, 1.82) is 0 Å². The summed E-state index contributed by atoms with van der Waals surface area (Å²) in [7, 11) is 0. The second-order valence-corrected chi connectivity index (χ2v) is 9.54. The predicted octanol–water partition coefficient (Wildman–Crippen LogP) is 0.662. The third-order valence-corrected chi connectivity index (χ3v) is 5.54. The zero-order valence-electron chi connectivity index (χ0n) is 21.2. The molecule has 3 amide bonds. The van der Waals surface area contributed by atoms with E-state index in [1.165, 1.54) is 0 Å². The average Bonchev–Trinajstić information content (AvgIpc) is 2.80. The summed E-state index contributed by atoms with van der Waals surface area (Å²) in [6, 6.07) is 4.33. The second kappa shape index (κ2) is 14.8. The maximum absolute atomic E-state index is 13.0. The van der Waals surface area contributed by atoms with E-state index in [9.17, 15) is 29.1 Å². The van der Waals surface area contributed by atoms with Crippen molar-refractivity contribution in [2.75, 3.05) is 0 Å². The molecule has 7 N–H and O–H groups in total. The molecule has 1 aromatic rings. The molecule has 0 bridgehead atoms. The Morgan fingerprint density at radius 2 is 1.33 bits per heavy atom. The molecule has 0 saturated carbocycles. The molecule has 0 fully saturated rings. The predicted molar refractivity (Wildman–Crippen MR) is 133 cm³/mol. The van der Waals surface area contributed by atoms with Gasteiger partial charge in [0.2, 0.25) is 17.7 Å². The molecule has 0 aliphatic heterocycles. The van der Waals surface area contributed by atoms with E-state index in [1.54, 1.807) is 44.2 Å². The van der Waals surface area contributed by atoms with Gasteiger partial charge in [0.25, 0.3) is 0 Å². The Morgan fingerprint density at radius 1 is 0.806 bits per heavy atom. The number of nitrogens with one attached hydrogen (secondary N) is 3. The van der Waals surface area contributed by atoms with Gasteiger partial charge in [-0.25, -0.2) is 4.79 Å². The number of carboxylic acids is 2. The quantitative estimate of drug-likeness (QED) is 0.200. The SMILES string of the molecule is CC(C)CC(NC(=O)C(CCC(=O)O)NC(=O)C(N)C(C)C)C(=O)NC(Cc1ccccc1)C(=O)O. The molecule has 1 rings (SSSR count). The van der Waals surface area contributed by atoms with Gasteiger partial charge in [-0.15, -0.1) is 0 Å². The van der Waals surface area contributed by atoms with Crippen LogP contribution in [-0.4, -0.2) is 64.0 Å². The van der Waals surface area contributed by atoms with Crippen LogP contribution in [0.1, 0.15) is 52.5 Å². The first-order valence-electron chi connectivity index (χ1n) is 12.0. The van der Waals surface area contributed by atoms with Gasteiger partial charge in [-0.2, -0.15) is 0 Å². The molecule has 0 aliphatic rings. The van der Waals surface area contributed by atoms with Crippen LogP contribution in [0.4, 0.5) is 0 Å². The summed E-state index contributed by atoms with van der Waals surface area (Å²) >= 11 is 0. The molecule has 4 unspecified atom stereocenters. The Morgan fingerprint density at radius 3 is 1.83 bits per heavy atom. The fourth-order valence-corrected chi connectivity index (χ4v) is 3.40. The van der Waals surface area contributed by atoms with Gasteiger partial charge in [0.1, 0.15) is 18.1 Å². The summed E-state index contributed by atoms with van der Waals surface area (Å²) in [5, 5.41) is 26.2. The lowest BCUT2D eigenvalue weighted by Crippen LogP contribution is -2.58. The van der Waals surface area contributed by atoms with E-state index in [0.29, 0.717) is 5.56 Å². The highest BCUT2D eigenvalue weighted by molar-refractivity contribution is 5.94. The van der Waals surface area contributed by atoms with Crippen molar-refractivity contribution in [1.82, 2.24) is 16.0 Å². The van der Waals surface area contributed by atoms with E-state index in [4.69, 9.17) is 10.8 Å². The summed E-state index contributed by atoms with van der Waals surface area (Å²) in [5.74, 6) is -4.70. The molecule has 0 aromatic heterocycles. The van der Waals surface area contributed by atoms with Gasteiger partial charge >= 0.3 is 11.9 Å². The minimum atomic E-state index is -1.24. The molecule has 0 aliphatic carbocycles. The van der Waals surface area contributed by atoms with Crippen molar-refractivity contribution in [2.45, 2.75) is 77.5 Å². The maximum atomic E-state index is 13.0. The van der Waals surface area contributed by atoms with Crippen LogP contribution in [0.5, 0.6) is 0 Å². The molecule has 4 atom stereocenters. The van der Waals surface area contributed by atoms with Gasteiger partial charge in [-0.05, 0) is 30.2 Å². The van der Waals surface area contributed by atoms with Crippen LogP contribution in [0, 0.1) is 11.8 Å². The molecular weight excluding hydrogens is 468 g/mol. The van der Waals surface area contributed by atoms with E-state index in [1.807, 2.05) is 13.8 Å². The Balaban J connectivity index is 3.03. The number of nitrogens with two attached hydrogens (primary N) is 1. The summed E-state index contributed by atoms with van der Waals surface area (Å²) in [5.41, 5.74) is 6.56. The van der Waals surface area contributed by atoms with Crippen molar-refractivity contribution in [3.63, 3.8) is 0 Å². The topological polar surface area (TPSA) is 188 Å². The number of aliphatic carboxylic acids is 2. The van der Waals surface area contributed by atoms with Crippen LogP contribution in [-0.2, 0) is 30.4 Å². The Kier molecular flexibility index (Phi) is 12.6. The third-order valence-electron chi connectivity index (χ3n) is 5.54. The fraction of sp³-hybridized carbons (Fsp3) is 0.560. The molecule has 36 heavy (non-hydrogen) atoms. The molecular formula is C25H38N4O7. The zero-order valence-corrected chi connectivity index (χ0v) is 21.2. The van der Waals surface area contributed by atoms with E-state index in [0.717, 1.165) is 0 Å². The normalized spacial score (nSPS) is 14.4. The first-order chi connectivity index (χ1) is 16.8. The largest absolute Gasteiger partial charge is 0.481 e. The number of amides is 3. The first-order valence-corrected chi connectivity index (χ1v) is 12.0. The number of hydrogen-bond acceptors (Lipinski definition) is 6. The van der Waals surface area contributed by atoms with Gasteiger partial charge < -0.3 is 31.9 Å². The van der Waals surface area contributed by atoms with Crippen molar-refractivity contribution < 1.29 is 34.2 Å². The van der Waals surface area contributed by atoms with Gasteiger partial charge in [-0.3, -0.25) is 19.2 Å². The number of rotatable bonds is 15. The molecule has 11 nitrogen and oxygen atoms in total.